The maximum absolute atomic E-state index is 12.8. The highest BCUT2D eigenvalue weighted by Gasteiger charge is 2.43. The number of methoxy groups -OCH3 is 2. The molecule has 148 valence electrons. The first kappa shape index (κ1) is 20.8. The lowest BCUT2D eigenvalue weighted by Crippen LogP contribution is -2.36. The van der Waals surface area contributed by atoms with Crippen molar-refractivity contribution < 1.29 is 24.2 Å². The number of benzene rings is 1. The van der Waals surface area contributed by atoms with Crippen molar-refractivity contribution in [1.82, 2.24) is 9.80 Å². The number of carbonyl (C=O) groups is 2. The van der Waals surface area contributed by atoms with Crippen LogP contribution in [0.2, 0.25) is 0 Å². The van der Waals surface area contributed by atoms with Gasteiger partial charge in [-0.2, -0.15) is 0 Å². The van der Waals surface area contributed by atoms with E-state index >= 15 is 0 Å². The Morgan fingerprint density at radius 1 is 1.22 bits per heavy atom. The second-order valence-electron chi connectivity index (χ2n) is 7.10. The molecule has 1 atom stereocenters. The number of aliphatic hydroxyl groups excluding tert-OH is 1. The van der Waals surface area contributed by atoms with Crippen LogP contribution in [0.25, 0.3) is 0 Å². The van der Waals surface area contributed by atoms with Crippen LogP contribution in [0.1, 0.15) is 25.5 Å². The molecule has 1 heterocycles. The summed E-state index contributed by atoms with van der Waals surface area (Å²) in [4.78, 5) is 29.0. The van der Waals surface area contributed by atoms with Gasteiger partial charge in [-0.25, -0.2) is 0 Å². The van der Waals surface area contributed by atoms with Gasteiger partial charge in [0.15, 0.2) is 23.0 Å². The summed E-state index contributed by atoms with van der Waals surface area (Å²) in [5.74, 6) is -0.527. The lowest BCUT2D eigenvalue weighted by molar-refractivity contribution is -0.129. The van der Waals surface area contributed by atoms with Crippen LogP contribution in [0.4, 0.5) is 0 Å². The maximum atomic E-state index is 12.8. The lowest BCUT2D eigenvalue weighted by Gasteiger charge is -2.28. The number of hydrogen-bond donors (Lipinski definition) is 1. The lowest BCUT2D eigenvalue weighted by atomic mass is 9.91. The Morgan fingerprint density at radius 3 is 2.37 bits per heavy atom. The number of rotatable bonds is 8. The van der Waals surface area contributed by atoms with Crippen LogP contribution < -0.4 is 9.47 Å². The minimum atomic E-state index is -0.660. The van der Waals surface area contributed by atoms with Gasteiger partial charge < -0.3 is 24.4 Å². The van der Waals surface area contributed by atoms with Crippen LogP contribution >= 0.6 is 0 Å². The van der Waals surface area contributed by atoms with Gasteiger partial charge in [0.25, 0.3) is 5.91 Å². The summed E-state index contributed by atoms with van der Waals surface area (Å²) in [7, 11) is 6.87. The van der Waals surface area contributed by atoms with E-state index < -0.39 is 17.7 Å². The van der Waals surface area contributed by atoms with Crippen molar-refractivity contribution >= 4 is 11.7 Å². The van der Waals surface area contributed by atoms with E-state index in [0.717, 1.165) is 0 Å². The fourth-order valence-corrected chi connectivity index (χ4v) is 3.12. The van der Waals surface area contributed by atoms with Crippen molar-refractivity contribution in [1.29, 1.82) is 0 Å². The van der Waals surface area contributed by atoms with Crippen molar-refractivity contribution in [2.45, 2.75) is 19.9 Å². The fourth-order valence-electron chi connectivity index (χ4n) is 3.12. The van der Waals surface area contributed by atoms with Crippen LogP contribution in [0, 0.1) is 5.92 Å². The highest BCUT2D eigenvalue weighted by atomic mass is 16.5. The molecule has 1 aromatic carbocycles. The Morgan fingerprint density at radius 2 is 1.85 bits per heavy atom. The van der Waals surface area contributed by atoms with Gasteiger partial charge in [-0.3, -0.25) is 9.59 Å². The van der Waals surface area contributed by atoms with E-state index in [0.29, 0.717) is 30.2 Å². The Labute approximate surface area is 160 Å². The van der Waals surface area contributed by atoms with Crippen molar-refractivity contribution in [3.63, 3.8) is 0 Å². The maximum Gasteiger partial charge on any atom is 0.290 e. The van der Waals surface area contributed by atoms with Gasteiger partial charge in [0.05, 0.1) is 25.8 Å². The van der Waals surface area contributed by atoms with Crippen LogP contribution in [0.3, 0.4) is 0 Å². The van der Waals surface area contributed by atoms with Crippen molar-refractivity contribution in [3.8, 4) is 11.5 Å². The average Bonchev–Trinajstić information content (AvgIpc) is 2.89. The van der Waals surface area contributed by atoms with E-state index in [9.17, 15) is 14.7 Å². The molecule has 2 rings (SSSR count). The summed E-state index contributed by atoms with van der Waals surface area (Å²) in [6.45, 7) is 4.48. The van der Waals surface area contributed by atoms with Crippen LogP contribution in [-0.2, 0) is 9.59 Å². The summed E-state index contributed by atoms with van der Waals surface area (Å²) >= 11 is 0. The molecular formula is C20H28N2O5. The van der Waals surface area contributed by atoms with Crippen molar-refractivity contribution in [2.75, 3.05) is 41.4 Å². The van der Waals surface area contributed by atoms with Gasteiger partial charge in [0, 0.05) is 19.0 Å². The molecule has 1 amide bonds. The van der Waals surface area contributed by atoms with Gasteiger partial charge in [0.1, 0.15) is 0 Å². The Bertz CT molecular complexity index is 755. The first-order valence-corrected chi connectivity index (χ1v) is 8.87. The third kappa shape index (κ3) is 4.08. The number of likely N-dealkylation sites (N-methyl/N-ethyl adjacent to an activating group) is 1. The Balaban J connectivity index is 2.56. The highest BCUT2D eigenvalue weighted by Crippen LogP contribution is 2.41. The highest BCUT2D eigenvalue weighted by molar-refractivity contribution is 6.09. The molecule has 1 aliphatic heterocycles. The smallest absolute Gasteiger partial charge is 0.290 e. The van der Waals surface area contributed by atoms with E-state index in [2.05, 4.69) is 0 Å². The first-order chi connectivity index (χ1) is 12.7. The molecule has 0 spiro atoms. The quantitative estimate of drug-likeness (QED) is 0.749. The molecule has 0 radical (unpaired) electrons. The molecule has 0 saturated carbocycles. The summed E-state index contributed by atoms with van der Waals surface area (Å²) in [6.07, 6.45) is 0. The topological polar surface area (TPSA) is 79.3 Å². The number of Topliss-reactive ketones (excluding diaryl/α,β-unsaturated/α-hetero) is 1. The van der Waals surface area contributed by atoms with Crippen LogP contribution in [-0.4, -0.2) is 68.0 Å². The molecule has 7 nitrogen and oxygen atoms in total. The van der Waals surface area contributed by atoms with E-state index in [1.165, 1.54) is 12.0 Å². The Kier molecular flexibility index (Phi) is 6.49. The second kappa shape index (κ2) is 8.43. The van der Waals surface area contributed by atoms with Gasteiger partial charge >= 0.3 is 0 Å². The number of hydrogen-bond acceptors (Lipinski definition) is 6. The van der Waals surface area contributed by atoms with Crippen molar-refractivity contribution in [3.05, 3.63) is 35.1 Å². The zero-order chi connectivity index (χ0) is 20.3. The number of ketones is 1. The molecule has 1 N–H and O–H groups in total. The average molecular weight is 376 g/mol. The molecule has 0 aliphatic carbocycles. The molecule has 0 bridgehead atoms. The number of amides is 1. The summed E-state index contributed by atoms with van der Waals surface area (Å²) in [5.41, 5.74) is 0.828. The minimum absolute atomic E-state index is 0.140. The molecule has 0 saturated heterocycles. The third-order valence-corrected chi connectivity index (χ3v) is 4.60. The molecule has 1 aromatic rings. The summed E-state index contributed by atoms with van der Waals surface area (Å²) in [6, 6.07) is 4.60. The summed E-state index contributed by atoms with van der Waals surface area (Å²) in [5, 5.41) is 10.5. The monoisotopic (exact) mass is 376 g/mol. The number of aliphatic hydroxyl groups is 1. The molecule has 1 unspecified atom stereocenters. The molecular weight excluding hydrogens is 348 g/mol. The molecule has 0 aromatic heterocycles. The third-order valence-electron chi connectivity index (χ3n) is 4.60. The largest absolute Gasteiger partial charge is 0.503 e. The SMILES string of the molecule is COc1ccc(C2C(C(=O)C(C)C)=C(O)C(=O)N2CCN(C)C)cc1OC. The number of carbonyl (C=O) groups excluding carboxylic acids is 2. The number of nitrogens with zero attached hydrogens (tertiary/aromatic N) is 2. The number of ether oxygens (including phenoxy) is 2. The minimum Gasteiger partial charge on any atom is -0.503 e. The van der Waals surface area contributed by atoms with E-state index in [1.807, 2.05) is 19.0 Å². The van der Waals surface area contributed by atoms with E-state index in [-0.39, 0.29) is 17.3 Å². The van der Waals surface area contributed by atoms with Gasteiger partial charge in [0.2, 0.25) is 0 Å². The fraction of sp³-hybridized carbons (Fsp3) is 0.500. The predicted octanol–water partition coefficient (Wildman–Crippen LogP) is 2.19. The molecule has 1 aliphatic rings. The van der Waals surface area contributed by atoms with E-state index in [1.54, 1.807) is 39.2 Å². The first-order valence-electron chi connectivity index (χ1n) is 8.87. The van der Waals surface area contributed by atoms with Gasteiger partial charge in [-0.05, 0) is 31.8 Å². The van der Waals surface area contributed by atoms with Gasteiger partial charge in [-0.15, -0.1) is 0 Å². The van der Waals surface area contributed by atoms with Crippen molar-refractivity contribution in [2.24, 2.45) is 5.92 Å². The molecule has 7 heteroatoms. The van der Waals surface area contributed by atoms with Gasteiger partial charge in [-0.1, -0.05) is 19.9 Å². The predicted molar refractivity (Wildman–Crippen MR) is 102 cm³/mol. The van der Waals surface area contributed by atoms with Crippen LogP contribution in [0.15, 0.2) is 29.5 Å². The summed E-state index contributed by atoms with van der Waals surface area (Å²) < 4.78 is 10.6. The van der Waals surface area contributed by atoms with Crippen LogP contribution in [0.5, 0.6) is 11.5 Å². The molecule has 27 heavy (non-hydrogen) atoms. The van der Waals surface area contributed by atoms with E-state index in [4.69, 9.17) is 9.47 Å². The zero-order valence-electron chi connectivity index (χ0n) is 16.8. The zero-order valence-corrected chi connectivity index (χ0v) is 16.8. The normalized spacial score (nSPS) is 17.3. The Hall–Kier alpha value is -2.54. The second-order valence-corrected chi connectivity index (χ2v) is 7.10. The molecule has 0 fully saturated rings. The standard InChI is InChI=1S/C20H28N2O5/c1-12(2)18(23)16-17(13-7-8-14(26-5)15(11-13)27-6)22(10-9-21(3)4)20(25)19(16)24/h7-8,11-12,17,24H,9-10H2,1-6H3.